The van der Waals surface area contributed by atoms with Crippen LogP contribution in [0.15, 0.2) is 34.7 Å². The van der Waals surface area contributed by atoms with Crippen LogP contribution in [0.4, 0.5) is 0 Å². The van der Waals surface area contributed by atoms with E-state index in [1.165, 1.54) is 12.8 Å². The molecule has 0 amide bonds. The topological polar surface area (TPSA) is 13.1 Å². The van der Waals surface area contributed by atoms with Gasteiger partial charge in [-0.25, -0.2) is 0 Å². The van der Waals surface area contributed by atoms with Gasteiger partial charge in [-0.15, -0.1) is 11.6 Å². The lowest BCUT2D eigenvalue weighted by atomic mass is 10.1. The van der Waals surface area contributed by atoms with Crippen molar-refractivity contribution in [3.05, 3.63) is 45.2 Å². The first-order chi connectivity index (χ1) is 9.27. The predicted molar refractivity (Wildman–Crippen MR) is 89.6 cm³/mol. The second-order valence-electron chi connectivity index (χ2n) is 4.60. The van der Waals surface area contributed by atoms with E-state index in [4.69, 9.17) is 16.0 Å². The maximum atomic E-state index is 6.09. The molecule has 1 nitrogen and oxygen atoms in total. The van der Waals surface area contributed by atoms with Crippen LogP contribution in [0.3, 0.4) is 0 Å². The summed E-state index contributed by atoms with van der Waals surface area (Å²) in [6, 6.07) is 10.2. The first-order valence-corrected chi connectivity index (χ1v) is 8.30. The largest absolute Gasteiger partial charge is 0.460 e. The highest BCUT2D eigenvalue weighted by molar-refractivity contribution is 14.1. The molecule has 102 valence electrons. The van der Waals surface area contributed by atoms with E-state index in [1.807, 2.05) is 18.2 Å². The van der Waals surface area contributed by atoms with E-state index in [1.54, 1.807) is 0 Å². The maximum Gasteiger partial charge on any atom is 0.147 e. The van der Waals surface area contributed by atoms with Crippen molar-refractivity contribution in [2.24, 2.45) is 0 Å². The first kappa shape index (κ1) is 14.9. The molecule has 0 saturated carbocycles. The Balaban J connectivity index is 2.30. The van der Waals surface area contributed by atoms with Crippen LogP contribution in [0.5, 0.6) is 0 Å². The number of furan rings is 1. The molecule has 0 aliphatic rings. The average molecular weight is 389 g/mol. The highest BCUT2D eigenvalue weighted by atomic mass is 127. The van der Waals surface area contributed by atoms with Crippen LogP contribution in [-0.4, -0.2) is 0 Å². The summed E-state index contributed by atoms with van der Waals surface area (Å²) in [4.78, 5) is 0. The Labute approximate surface area is 133 Å². The zero-order valence-electron chi connectivity index (χ0n) is 11.1. The van der Waals surface area contributed by atoms with E-state index in [2.05, 4.69) is 41.6 Å². The number of unbranched alkanes of at least 4 members (excludes halogenated alkanes) is 2. The molecule has 0 N–H and O–H groups in total. The standard InChI is InChI=1S/C16H18ClIO/c1-2-3-5-10-14-13(11-17)15(18)16(19-14)12-8-6-4-7-9-12/h4,6-9H,2-3,5,10-11H2,1H3. The monoisotopic (exact) mass is 388 g/mol. The highest BCUT2D eigenvalue weighted by Crippen LogP contribution is 2.34. The Hall–Kier alpha value is -0.480. The molecule has 0 fully saturated rings. The summed E-state index contributed by atoms with van der Waals surface area (Å²) in [5.41, 5.74) is 2.29. The fourth-order valence-corrected chi connectivity index (χ4v) is 3.56. The number of rotatable bonds is 6. The Morgan fingerprint density at radius 1 is 1.16 bits per heavy atom. The summed E-state index contributed by atoms with van der Waals surface area (Å²) in [5, 5.41) is 0. The molecule has 0 saturated heterocycles. The minimum Gasteiger partial charge on any atom is -0.460 e. The van der Waals surface area contributed by atoms with Crippen LogP contribution in [0.1, 0.15) is 37.5 Å². The lowest BCUT2D eigenvalue weighted by Crippen LogP contribution is -1.88. The van der Waals surface area contributed by atoms with E-state index in [0.29, 0.717) is 5.88 Å². The zero-order chi connectivity index (χ0) is 13.7. The quantitative estimate of drug-likeness (QED) is 0.335. The van der Waals surface area contributed by atoms with Gasteiger partial charge in [0.2, 0.25) is 0 Å². The van der Waals surface area contributed by atoms with Crippen molar-refractivity contribution in [1.82, 2.24) is 0 Å². The van der Waals surface area contributed by atoms with Gasteiger partial charge in [0.1, 0.15) is 11.5 Å². The van der Waals surface area contributed by atoms with Gasteiger partial charge in [0.05, 0.1) is 9.45 Å². The van der Waals surface area contributed by atoms with Gasteiger partial charge in [0, 0.05) is 17.5 Å². The molecule has 0 aliphatic carbocycles. The summed E-state index contributed by atoms with van der Waals surface area (Å²) in [5.74, 6) is 2.55. The fourth-order valence-electron chi connectivity index (χ4n) is 2.13. The average Bonchev–Trinajstić information content (AvgIpc) is 2.76. The SMILES string of the molecule is CCCCCc1oc(-c2ccccc2)c(I)c1CCl. The molecule has 1 aromatic heterocycles. The van der Waals surface area contributed by atoms with Crippen molar-refractivity contribution in [3.8, 4) is 11.3 Å². The minimum absolute atomic E-state index is 0.524. The molecule has 19 heavy (non-hydrogen) atoms. The first-order valence-electron chi connectivity index (χ1n) is 6.69. The second kappa shape index (κ2) is 7.34. The van der Waals surface area contributed by atoms with E-state index in [9.17, 15) is 0 Å². The third-order valence-corrected chi connectivity index (χ3v) is 4.61. The summed E-state index contributed by atoms with van der Waals surface area (Å²) < 4.78 is 7.23. The van der Waals surface area contributed by atoms with E-state index in [-0.39, 0.29) is 0 Å². The Kier molecular flexibility index (Phi) is 5.76. The van der Waals surface area contributed by atoms with Gasteiger partial charge in [-0.2, -0.15) is 0 Å². The fraction of sp³-hybridized carbons (Fsp3) is 0.375. The zero-order valence-corrected chi connectivity index (χ0v) is 14.0. The van der Waals surface area contributed by atoms with Crippen LogP contribution < -0.4 is 0 Å². The molecule has 1 heterocycles. The number of hydrogen-bond acceptors (Lipinski definition) is 1. The van der Waals surface area contributed by atoms with Crippen LogP contribution in [0, 0.1) is 3.57 Å². The molecule has 0 aliphatic heterocycles. The number of hydrogen-bond donors (Lipinski definition) is 0. The van der Waals surface area contributed by atoms with Gasteiger partial charge in [-0.1, -0.05) is 50.1 Å². The van der Waals surface area contributed by atoms with Crippen molar-refractivity contribution in [2.45, 2.75) is 38.5 Å². The van der Waals surface area contributed by atoms with Crippen molar-refractivity contribution in [2.75, 3.05) is 0 Å². The number of benzene rings is 1. The molecular weight excluding hydrogens is 371 g/mol. The Morgan fingerprint density at radius 2 is 1.89 bits per heavy atom. The summed E-state index contributed by atoms with van der Waals surface area (Å²) in [6.45, 7) is 2.21. The Morgan fingerprint density at radius 3 is 2.53 bits per heavy atom. The lowest BCUT2D eigenvalue weighted by molar-refractivity contribution is 0.504. The van der Waals surface area contributed by atoms with Crippen molar-refractivity contribution >= 4 is 34.2 Å². The van der Waals surface area contributed by atoms with Crippen molar-refractivity contribution < 1.29 is 4.42 Å². The normalized spacial score (nSPS) is 10.9. The smallest absolute Gasteiger partial charge is 0.147 e. The van der Waals surface area contributed by atoms with Crippen LogP contribution in [0.25, 0.3) is 11.3 Å². The molecule has 0 bridgehead atoms. The predicted octanol–water partition coefficient (Wildman–Crippen LogP) is 6.02. The third-order valence-electron chi connectivity index (χ3n) is 3.20. The third kappa shape index (κ3) is 3.54. The molecule has 0 radical (unpaired) electrons. The van der Waals surface area contributed by atoms with E-state index < -0.39 is 0 Å². The van der Waals surface area contributed by atoms with Gasteiger partial charge in [-0.3, -0.25) is 0 Å². The van der Waals surface area contributed by atoms with Crippen LogP contribution in [0.2, 0.25) is 0 Å². The molecular formula is C16H18ClIO. The number of alkyl halides is 1. The number of aryl methyl sites for hydroxylation is 1. The maximum absolute atomic E-state index is 6.09. The van der Waals surface area contributed by atoms with Gasteiger partial charge in [-0.05, 0) is 29.0 Å². The van der Waals surface area contributed by atoms with Crippen LogP contribution in [-0.2, 0) is 12.3 Å². The molecule has 0 spiro atoms. The molecule has 3 heteroatoms. The summed E-state index contributed by atoms with van der Waals surface area (Å²) in [6.07, 6.45) is 4.61. The molecule has 2 rings (SSSR count). The van der Waals surface area contributed by atoms with Crippen molar-refractivity contribution in [3.63, 3.8) is 0 Å². The van der Waals surface area contributed by atoms with Crippen LogP contribution >= 0.6 is 34.2 Å². The molecule has 0 atom stereocenters. The number of halogens is 2. The van der Waals surface area contributed by atoms with Gasteiger partial charge in [0.15, 0.2) is 0 Å². The van der Waals surface area contributed by atoms with E-state index >= 15 is 0 Å². The van der Waals surface area contributed by atoms with Crippen molar-refractivity contribution in [1.29, 1.82) is 0 Å². The van der Waals surface area contributed by atoms with Gasteiger partial charge >= 0.3 is 0 Å². The molecule has 1 aromatic carbocycles. The van der Waals surface area contributed by atoms with Gasteiger partial charge < -0.3 is 4.42 Å². The van der Waals surface area contributed by atoms with Gasteiger partial charge in [0.25, 0.3) is 0 Å². The minimum atomic E-state index is 0.524. The van der Waals surface area contributed by atoms with E-state index in [0.717, 1.165) is 39.1 Å². The highest BCUT2D eigenvalue weighted by Gasteiger charge is 2.18. The summed E-state index contributed by atoms with van der Waals surface area (Å²) in [7, 11) is 0. The second-order valence-corrected chi connectivity index (χ2v) is 5.95. The lowest BCUT2D eigenvalue weighted by Gasteiger charge is -1.99. The molecule has 2 aromatic rings. The summed E-state index contributed by atoms with van der Waals surface area (Å²) >= 11 is 8.43. The Bertz CT molecular complexity index is 519. The molecule has 0 unspecified atom stereocenters.